The van der Waals surface area contributed by atoms with Crippen molar-refractivity contribution in [3.63, 3.8) is 0 Å². The zero-order valence-corrected chi connectivity index (χ0v) is 13.9. The number of rotatable bonds is 7. The van der Waals surface area contributed by atoms with Gasteiger partial charge in [-0.15, -0.1) is 0 Å². The molecule has 2 rings (SSSR count). The van der Waals surface area contributed by atoms with Gasteiger partial charge in [-0.05, 0) is 43.5 Å². The Bertz CT molecular complexity index is 725. The molecule has 7 heteroatoms. The van der Waals surface area contributed by atoms with Crippen LogP contribution in [0.25, 0.3) is 0 Å². The molecule has 22 heavy (non-hydrogen) atoms. The van der Waals surface area contributed by atoms with E-state index < -0.39 is 10.0 Å². The molecule has 1 heterocycles. The normalized spacial score (nSPS) is 11.6. The summed E-state index contributed by atoms with van der Waals surface area (Å²) in [6, 6.07) is 3.27. The van der Waals surface area contributed by atoms with E-state index in [0.29, 0.717) is 29.2 Å². The molecule has 0 saturated carbocycles. The van der Waals surface area contributed by atoms with Gasteiger partial charge in [0, 0.05) is 25.5 Å². The lowest BCUT2D eigenvalue weighted by Crippen LogP contribution is -2.26. The van der Waals surface area contributed by atoms with E-state index in [2.05, 4.69) is 9.71 Å². The Kier molecular flexibility index (Phi) is 5.20. The Balaban J connectivity index is 2.02. The lowest BCUT2D eigenvalue weighted by molar-refractivity contribution is 0.410. The van der Waals surface area contributed by atoms with Gasteiger partial charge in [0.1, 0.15) is 5.75 Å². The maximum absolute atomic E-state index is 12.4. The molecule has 0 fully saturated rings. The molecule has 0 aliphatic rings. The van der Waals surface area contributed by atoms with E-state index in [1.165, 1.54) is 0 Å². The predicted molar refractivity (Wildman–Crippen MR) is 84.5 cm³/mol. The quantitative estimate of drug-likeness (QED) is 0.790. The van der Waals surface area contributed by atoms with Crippen molar-refractivity contribution >= 4 is 10.0 Å². The summed E-state index contributed by atoms with van der Waals surface area (Å²) >= 11 is 0. The van der Waals surface area contributed by atoms with E-state index in [0.717, 1.165) is 12.1 Å². The average molecular weight is 323 g/mol. The van der Waals surface area contributed by atoms with Crippen molar-refractivity contribution < 1.29 is 13.2 Å². The number of ether oxygens (including phenoxy) is 1. The number of hydrogen-bond acceptors (Lipinski definition) is 4. The Morgan fingerprint density at radius 3 is 2.68 bits per heavy atom. The third kappa shape index (κ3) is 3.66. The summed E-state index contributed by atoms with van der Waals surface area (Å²) < 4.78 is 34.6. The maximum atomic E-state index is 12.4. The highest BCUT2D eigenvalue weighted by Crippen LogP contribution is 2.26. The average Bonchev–Trinajstić information content (AvgIpc) is 2.99. The number of nitrogens with one attached hydrogen (secondary N) is 1. The van der Waals surface area contributed by atoms with Gasteiger partial charge in [-0.25, -0.2) is 18.1 Å². The second kappa shape index (κ2) is 6.93. The minimum atomic E-state index is -3.51. The lowest BCUT2D eigenvalue weighted by atomic mass is 10.1. The van der Waals surface area contributed by atoms with Crippen LogP contribution in [-0.2, 0) is 16.6 Å². The molecular formula is C15H21N3O3S. The van der Waals surface area contributed by atoms with Gasteiger partial charge in [-0.1, -0.05) is 0 Å². The van der Waals surface area contributed by atoms with E-state index in [1.807, 2.05) is 17.7 Å². The third-order valence-electron chi connectivity index (χ3n) is 3.64. The summed E-state index contributed by atoms with van der Waals surface area (Å²) in [6.07, 6.45) is 5.97. The molecule has 0 atom stereocenters. The van der Waals surface area contributed by atoms with Gasteiger partial charge in [0.25, 0.3) is 0 Å². The first-order chi connectivity index (χ1) is 10.5. The molecule has 0 amide bonds. The van der Waals surface area contributed by atoms with Crippen LogP contribution in [0.3, 0.4) is 0 Å². The molecule has 0 unspecified atom stereocenters. The molecule has 0 radical (unpaired) electrons. The zero-order valence-electron chi connectivity index (χ0n) is 13.0. The number of methoxy groups -OCH3 is 1. The predicted octanol–water partition coefficient (Wildman–Crippen LogP) is 1.88. The number of aryl methyl sites for hydroxylation is 1. The van der Waals surface area contributed by atoms with Crippen molar-refractivity contribution in [3.05, 3.63) is 42.0 Å². The van der Waals surface area contributed by atoms with Gasteiger partial charge < -0.3 is 9.30 Å². The van der Waals surface area contributed by atoms with Gasteiger partial charge in [0.05, 0.1) is 18.3 Å². The van der Waals surface area contributed by atoms with Crippen LogP contribution >= 0.6 is 0 Å². The van der Waals surface area contributed by atoms with Crippen molar-refractivity contribution in [1.82, 2.24) is 14.3 Å². The largest absolute Gasteiger partial charge is 0.496 e. The van der Waals surface area contributed by atoms with E-state index in [-0.39, 0.29) is 0 Å². The lowest BCUT2D eigenvalue weighted by Gasteiger charge is -2.13. The van der Waals surface area contributed by atoms with Crippen molar-refractivity contribution in [1.29, 1.82) is 0 Å². The molecule has 0 bridgehead atoms. The summed E-state index contributed by atoms with van der Waals surface area (Å²) in [5.74, 6) is 0.691. The Morgan fingerprint density at radius 2 is 2.05 bits per heavy atom. The number of nitrogens with zero attached hydrogens (tertiary/aromatic N) is 2. The Labute approximate surface area is 131 Å². The van der Waals surface area contributed by atoms with Crippen LogP contribution in [0.2, 0.25) is 0 Å². The van der Waals surface area contributed by atoms with Crippen molar-refractivity contribution in [2.45, 2.75) is 31.7 Å². The van der Waals surface area contributed by atoms with Crippen LogP contribution in [0.15, 0.2) is 35.7 Å². The monoisotopic (exact) mass is 323 g/mol. The number of aromatic nitrogens is 2. The van der Waals surface area contributed by atoms with Gasteiger partial charge >= 0.3 is 0 Å². The molecule has 0 aliphatic heterocycles. The van der Waals surface area contributed by atoms with Crippen LogP contribution in [0.4, 0.5) is 0 Å². The number of benzene rings is 1. The van der Waals surface area contributed by atoms with E-state index in [4.69, 9.17) is 4.74 Å². The fourth-order valence-corrected chi connectivity index (χ4v) is 3.62. The second-order valence-electron chi connectivity index (χ2n) is 5.07. The van der Waals surface area contributed by atoms with Crippen LogP contribution < -0.4 is 9.46 Å². The molecule has 120 valence electrons. The summed E-state index contributed by atoms with van der Waals surface area (Å²) in [6.45, 7) is 4.75. The smallest absolute Gasteiger partial charge is 0.240 e. The van der Waals surface area contributed by atoms with Crippen LogP contribution in [0, 0.1) is 13.8 Å². The number of hydrogen-bond donors (Lipinski definition) is 1. The van der Waals surface area contributed by atoms with E-state index >= 15 is 0 Å². The van der Waals surface area contributed by atoms with Crippen LogP contribution in [-0.4, -0.2) is 31.6 Å². The van der Waals surface area contributed by atoms with E-state index in [1.54, 1.807) is 38.7 Å². The highest BCUT2D eigenvalue weighted by Gasteiger charge is 2.18. The Morgan fingerprint density at radius 1 is 1.27 bits per heavy atom. The van der Waals surface area contributed by atoms with E-state index in [9.17, 15) is 8.42 Å². The third-order valence-corrected chi connectivity index (χ3v) is 5.25. The minimum absolute atomic E-state index is 0.299. The zero-order chi connectivity index (χ0) is 16.2. The van der Waals surface area contributed by atoms with Gasteiger partial charge in [0.2, 0.25) is 10.0 Å². The molecule has 0 saturated heterocycles. The first kappa shape index (κ1) is 16.5. The van der Waals surface area contributed by atoms with Crippen molar-refractivity contribution in [3.8, 4) is 5.75 Å². The SMILES string of the molecule is COc1ccc(S(=O)(=O)NCCCn2ccnc2)c(C)c1C. The number of sulfonamides is 1. The maximum Gasteiger partial charge on any atom is 0.240 e. The molecule has 0 aliphatic carbocycles. The first-order valence-corrected chi connectivity index (χ1v) is 8.53. The molecular weight excluding hydrogens is 302 g/mol. The van der Waals surface area contributed by atoms with Gasteiger partial charge in [-0.2, -0.15) is 0 Å². The molecule has 1 N–H and O–H groups in total. The van der Waals surface area contributed by atoms with Crippen LogP contribution in [0.1, 0.15) is 17.5 Å². The fraction of sp³-hybridized carbons (Fsp3) is 0.400. The topological polar surface area (TPSA) is 73.2 Å². The van der Waals surface area contributed by atoms with Gasteiger partial charge in [-0.3, -0.25) is 0 Å². The molecule has 0 spiro atoms. The van der Waals surface area contributed by atoms with Crippen molar-refractivity contribution in [2.24, 2.45) is 0 Å². The number of imidazole rings is 1. The summed E-state index contributed by atoms with van der Waals surface area (Å²) in [7, 11) is -1.94. The summed E-state index contributed by atoms with van der Waals surface area (Å²) in [5.41, 5.74) is 1.55. The van der Waals surface area contributed by atoms with Crippen molar-refractivity contribution in [2.75, 3.05) is 13.7 Å². The fourth-order valence-electron chi connectivity index (χ4n) is 2.25. The second-order valence-corrected chi connectivity index (χ2v) is 6.80. The standard InChI is InChI=1S/C15H21N3O3S/c1-12-13(2)15(6-5-14(12)21-3)22(19,20)17-7-4-9-18-10-8-16-11-18/h5-6,8,10-11,17H,4,7,9H2,1-3H3. The summed E-state index contributed by atoms with van der Waals surface area (Å²) in [5, 5.41) is 0. The van der Waals surface area contributed by atoms with Crippen LogP contribution in [0.5, 0.6) is 5.75 Å². The molecule has 1 aromatic carbocycles. The Hall–Kier alpha value is -1.86. The summed E-state index contributed by atoms with van der Waals surface area (Å²) in [4.78, 5) is 4.25. The molecule has 6 nitrogen and oxygen atoms in total. The molecule has 2 aromatic rings. The first-order valence-electron chi connectivity index (χ1n) is 7.05. The highest BCUT2D eigenvalue weighted by molar-refractivity contribution is 7.89. The highest BCUT2D eigenvalue weighted by atomic mass is 32.2. The van der Waals surface area contributed by atoms with Gasteiger partial charge in [0.15, 0.2) is 0 Å². The minimum Gasteiger partial charge on any atom is -0.496 e. The molecule has 1 aromatic heterocycles.